The molecule has 0 aliphatic carbocycles. The molecule has 1 atom stereocenters. The molecule has 2 nitrogen and oxygen atoms in total. The van der Waals surface area contributed by atoms with E-state index < -0.39 is 5.60 Å². The van der Waals surface area contributed by atoms with Gasteiger partial charge < -0.3 is 10.0 Å². The molecular weight excluding hydrogens is 182 g/mol. The highest BCUT2D eigenvalue weighted by Crippen LogP contribution is 2.21. The topological polar surface area (TPSA) is 23.5 Å². The lowest BCUT2D eigenvalue weighted by Gasteiger charge is -2.36. The van der Waals surface area contributed by atoms with Gasteiger partial charge in [-0.2, -0.15) is 12.6 Å². The summed E-state index contributed by atoms with van der Waals surface area (Å²) in [5, 5.41) is 9.74. The van der Waals surface area contributed by atoms with Crippen LogP contribution in [0.25, 0.3) is 0 Å². The minimum Gasteiger partial charge on any atom is -0.390 e. The van der Waals surface area contributed by atoms with Gasteiger partial charge in [0, 0.05) is 19.6 Å². The van der Waals surface area contributed by atoms with E-state index in [0.29, 0.717) is 5.92 Å². The molecule has 0 saturated carbocycles. The molecule has 13 heavy (non-hydrogen) atoms. The van der Waals surface area contributed by atoms with Crippen LogP contribution < -0.4 is 0 Å². The van der Waals surface area contributed by atoms with Crippen LogP contribution in [0, 0.1) is 5.92 Å². The van der Waals surface area contributed by atoms with Crippen LogP contribution in [-0.4, -0.2) is 41.0 Å². The molecule has 1 N–H and O–H groups in total. The lowest BCUT2D eigenvalue weighted by molar-refractivity contribution is -0.00755. The maximum absolute atomic E-state index is 9.74. The number of rotatable bonds is 3. The molecule has 0 aromatic rings. The Hall–Kier alpha value is 0.270. The van der Waals surface area contributed by atoms with Crippen molar-refractivity contribution in [1.82, 2.24) is 4.90 Å². The first-order valence-corrected chi connectivity index (χ1v) is 5.72. The maximum Gasteiger partial charge on any atom is 0.0644 e. The third kappa shape index (κ3) is 3.88. The molecule has 1 saturated heterocycles. The molecule has 3 heteroatoms. The first-order valence-electron chi connectivity index (χ1n) is 5.09. The highest BCUT2D eigenvalue weighted by molar-refractivity contribution is 7.80. The molecule has 1 heterocycles. The number of aliphatic hydroxyl groups is 1. The number of nitrogens with zero attached hydrogens (tertiary/aromatic N) is 1. The Kier molecular flexibility index (Phi) is 4.07. The van der Waals surface area contributed by atoms with Crippen LogP contribution in [0.4, 0.5) is 0 Å². The highest BCUT2D eigenvalue weighted by atomic mass is 32.1. The van der Waals surface area contributed by atoms with Crippen LogP contribution >= 0.6 is 12.6 Å². The van der Waals surface area contributed by atoms with Gasteiger partial charge >= 0.3 is 0 Å². The van der Waals surface area contributed by atoms with E-state index in [1.165, 1.54) is 0 Å². The first kappa shape index (κ1) is 11.3. The van der Waals surface area contributed by atoms with Gasteiger partial charge in [-0.05, 0) is 31.4 Å². The quantitative estimate of drug-likeness (QED) is 0.677. The largest absolute Gasteiger partial charge is 0.390 e. The minimum atomic E-state index is -0.416. The van der Waals surface area contributed by atoms with Gasteiger partial charge in [-0.25, -0.2) is 0 Å². The maximum atomic E-state index is 9.74. The summed E-state index contributed by atoms with van der Waals surface area (Å²) < 4.78 is 0. The molecule has 1 fully saturated rings. The van der Waals surface area contributed by atoms with E-state index in [0.717, 1.165) is 38.2 Å². The molecule has 0 aromatic carbocycles. The summed E-state index contributed by atoms with van der Waals surface area (Å²) in [5.74, 6) is 1.61. The second-order valence-corrected chi connectivity index (χ2v) is 4.95. The van der Waals surface area contributed by atoms with E-state index in [1.807, 2.05) is 6.92 Å². The van der Waals surface area contributed by atoms with Crippen molar-refractivity contribution in [3.63, 3.8) is 0 Å². The molecule has 78 valence electrons. The SMILES string of the molecule is CC(CS)CN1CCC(C)(O)CC1. The smallest absolute Gasteiger partial charge is 0.0644 e. The lowest BCUT2D eigenvalue weighted by atomic mass is 9.93. The van der Waals surface area contributed by atoms with Crippen LogP contribution in [0.2, 0.25) is 0 Å². The van der Waals surface area contributed by atoms with Crippen molar-refractivity contribution in [2.75, 3.05) is 25.4 Å². The fourth-order valence-corrected chi connectivity index (χ4v) is 1.83. The van der Waals surface area contributed by atoms with Crippen LogP contribution in [0.1, 0.15) is 26.7 Å². The van der Waals surface area contributed by atoms with Crippen LogP contribution in [0.5, 0.6) is 0 Å². The lowest BCUT2D eigenvalue weighted by Crippen LogP contribution is -2.44. The molecule has 1 rings (SSSR count). The third-order valence-corrected chi connectivity index (χ3v) is 3.44. The first-order chi connectivity index (χ1) is 6.03. The fourth-order valence-electron chi connectivity index (χ4n) is 1.72. The van der Waals surface area contributed by atoms with Gasteiger partial charge in [-0.15, -0.1) is 0 Å². The molecule has 0 radical (unpaired) electrons. The number of thiol groups is 1. The number of likely N-dealkylation sites (tertiary alicyclic amines) is 1. The molecule has 0 spiro atoms. The van der Waals surface area contributed by atoms with Crippen molar-refractivity contribution in [3.05, 3.63) is 0 Å². The van der Waals surface area contributed by atoms with E-state index in [2.05, 4.69) is 24.5 Å². The van der Waals surface area contributed by atoms with Crippen molar-refractivity contribution in [3.8, 4) is 0 Å². The number of hydrogen-bond acceptors (Lipinski definition) is 3. The second-order valence-electron chi connectivity index (χ2n) is 4.59. The van der Waals surface area contributed by atoms with Crippen LogP contribution in [-0.2, 0) is 0 Å². The van der Waals surface area contributed by atoms with Crippen LogP contribution in [0.15, 0.2) is 0 Å². The van der Waals surface area contributed by atoms with Gasteiger partial charge in [0.2, 0.25) is 0 Å². The predicted octanol–water partition coefficient (Wildman–Crippen LogP) is 1.40. The average molecular weight is 203 g/mol. The Morgan fingerprint density at radius 3 is 2.46 bits per heavy atom. The molecule has 0 aromatic heterocycles. The average Bonchev–Trinajstić information content (AvgIpc) is 2.08. The normalized spacial score (nSPS) is 25.8. The molecule has 0 bridgehead atoms. The zero-order valence-electron chi connectivity index (χ0n) is 8.66. The third-order valence-electron chi connectivity index (χ3n) is 2.81. The van der Waals surface area contributed by atoms with E-state index in [9.17, 15) is 5.11 Å². The van der Waals surface area contributed by atoms with Crippen molar-refractivity contribution in [2.45, 2.75) is 32.3 Å². The van der Waals surface area contributed by atoms with Crippen molar-refractivity contribution >= 4 is 12.6 Å². The zero-order chi connectivity index (χ0) is 9.90. The summed E-state index contributed by atoms with van der Waals surface area (Å²) in [5.41, 5.74) is -0.416. The number of piperidine rings is 1. The van der Waals surface area contributed by atoms with Gasteiger partial charge in [0.15, 0.2) is 0 Å². The highest BCUT2D eigenvalue weighted by Gasteiger charge is 2.27. The Balaban J connectivity index is 2.25. The standard InChI is InChI=1S/C10H21NOS/c1-9(8-13)7-11-5-3-10(2,12)4-6-11/h9,12-13H,3-8H2,1-2H3. The summed E-state index contributed by atoms with van der Waals surface area (Å²) in [6, 6.07) is 0. The Labute approximate surface area is 86.7 Å². The molecular formula is C10H21NOS. The second kappa shape index (κ2) is 4.67. The van der Waals surface area contributed by atoms with Gasteiger partial charge in [0.1, 0.15) is 0 Å². The Morgan fingerprint density at radius 1 is 1.46 bits per heavy atom. The molecule has 0 amide bonds. The van der Waals surface area contributed by atoms with Gasteiger partial charge in [-0.3, -0.25) is 0 Å². The summed E-state index contributed by atoms with van der Waals surface area (Å²) in [6.07, 6.45) is 1.82. The van der Waals surface area contributed by atoms with Crippen molar-refractivity contribution < 1.29 is 5.11 Å². The van der Waals surface area contributed by atoms with Crippen LogP contribution in [0.3, 0.4) is 0 Å². The minimum absolute atomic E-state index is 0.416. The fraction of sp³-hybridized carbons (Fsp3) is 1.00. The van der Waals surface area contributed by atoms with Crippen molar-refractivity contribution in [2.24, 2.45) is 5.92 Å². The molecule has 1 aliphatic heterocycles. The van der Waals surface area contributed by atoms with Gasteiger partial charge in [-0.1, -0.05) is 6.92 Å². The summed E-state index contributed by atoms with van der Waals surface area (Å²) in [6.45, 7) is 7.35. The number of hydrogen-bond donors (Lipinski definition) is 2. The Morgan fingerprint density at radius 2 is 2.00 bits per heavy atom. The zero-order valence-corrected chi connectivity index (χ0v) is 9.56. The van der Waals surface area contributed by atoms with E-state index in [1.54, 1.807) is 0 Å². The van der Waals surface area contributed by atoms with Gasteiger partial charge in [0.05, 0.1) is 5.60 Å². The van der Waals surface area contributed by atoms with E-state index >= 15 is 0 Å². The van der Waals surface area contributed by atoms with Crippen molar-refractivity contribution in [1.29, 1.82) is 0 Å². The van der Waals surface area contributed by atoms with E-state index in [-0.39, 0.29) is 0 Å². The predicted molar refractivity (Wildman–Crippen MR) is 59.3 cm³/mol. The van der Waals surface area contributed by atoms with Gasteiger partial charge in [0.25, 0.3) is 0 Å². The van der Waals surface area contributed by atoms with E-state index in [4.69, 9.17) is 0 Å². The summed E-state index contributed by atoms with van der Waals surface area (Å²) in [7, 11) is 0. The molecule has 1 unspecified atom stereocenters. The summed E-state index contributed by atoms with van der Waals surface area (Å²) >= 11 is 4.27. The Bertz CT molecular complexity index is 151. The molecule has 1 aliphatic rings. The monoisotopic (exact) mass is 203 g/mol. The summed E-state index contributed by atoms with van der Waals surface area (Å²) in [4.78, 5) is 2.43.